The molecular weight excluding hydrogens is 298 g/mol. The number of amides is 1. The van der Waals surface area contributed by atoms with Gasteiger partial charge in [0.15, 0.2) is 5.82 Å². The van der Waals surface area contributed by atoms with Crippen LogP contribution in [0.1, 0.15) is 22.2 Å². The van der Waals surface area contributed by atoms with Crippen LogP contribution in [-0.4, -0.2) is 56.7 Å². The molecule has 0 aliphatic carbocycles. The molecule has 4 heterocycles. The van der Waals surface area contributed by atoms with Gasteiger partial charge in [0.1, 0.15) is 5.69 Å². The predicted octanol–water partition coefficient (Wildman–Crippen LogP) is 0.498. The van der Waals surface area contributed by atoms with Gasteiger partial charge in [-0.25, -0.2) is 4.98 Å². The smallest absolute Gasteiger partial charge is 0.274 e. The molecule has 1 amide bonds. The highest BCUT2D eigenvalue weighted by Crippen LogP contribution is 2.35. The summed E-state index contributed by atoms with van der Waals surface area (Å²) in [4.78, 5) is 26.6. The van der Waals surface area contributed by atoms with Crippen molar-refractivity contribution >= 4 is 5.91 Å². The third kappa shape index (κ3) is 2.70. The molecule has 0 spiro atoms. The topological polar surface area (TPSA) is 94.2 Å². The highest BCUT2D eigenvalue weighted by molar-refractivity contribution is 5.92. The number of carbonyl (C=O) groups excluding carboxylic acids is 1. The first-order valence-corrected chi connectivity index (χ1v) is 7.67. The van der Waals surface area contributed by atoms with Crippen LogP contribution in [0.15, 0.2) is 23.1 Å². The van der Waals surface area contributed by atoms with Crippen LogP contribution in [0, 0.1) is 18.8 Å². The molecule has 120 valence electrons. The minimum atomic E-state index is -0.0940. The molecule has 8 nitrogen and oxygen atoms in total. The van der Waals surface area contributed by atoms with Crippen molar-refractivity contribution in [3.63, 3.8) is 0 Å². The number of likely N-dealkylation sites (tertiary alicyclic amines) is 1. The van der Waals surface area contributed by atoms with Crippen LogP contribution in [-0.2, 0) is 11.2 Å². The molecule has 0 bridgehead atoms. The lowest BCUT2D eigenvalue weighted by atomic mass is 9.90. The highest BCUT2D eigenvalue weighted by atomic mass is 16.5. The number of hydrogen-bond donors (Lipinski definition) is 0. The van der Waals surface area contributed by atoms with Gasteiger partial charge in [-0.15, -0.1) is 0 Å². The maximum absolute atomic E-state index is 12.5. The number of ether oxygens (including phenoxy) is 1. The van der Waals surface area contributed by atoms with Gasteiger partial charge in [-0.3, -0.25) is 9.78 Å². The van der Waals surface area contributed by atoms with Crippen molar-refractivity contribution < 1.29 is 14.1 Å². The minimum Gasteiger partial charge on any atom is -0.376 e. The van der Waals surface area contributed by atoms with Crippen LogP contribution < -0.4 is 0 Å². The van der Waals surface area contributed by atoms with Crippen molar-refractivity contribution in [2.24, 2.45) is 11.8 Å². The minimum absolute atomic E-state index is 0.0737. The van der Waals surface area contributed by atoms with Crippen molar-refractivity contribution in [3.05, 3.63) is 36.0 Å². The maximum Gasteiger partial charge on any atom is 0.274 e. The molecule has 0 aromatic carbocycles. The lowest BCUT2D eigenvalue weighted by molar-refractivity contribution is 0.0671. The van der Waals surface area contributed by atoms with E-state index in [4.69, 9.17) is 9.26 Å². The first-order chi connectivity index (χ1) is 11.2. The van der Waals surface area contributed by atoms with E-state index >= 15 is 0 Å². The summed E-state index contributed by atoms with van der Waals surface area (Å²) in [6.07, 6.45) is 5.35. The van der Waals surface area contributed by atoms with Gasteiger partial charge in [-0.1, -0.05) is 5.16 Å². The van der Waals surface area contributed by atoms with Gasteiger partial charge in [0.25, 0.3) is 5.91 Å². The van der Waals surface area contributed by atoms with Crippen LogP contribution >= 0.6 is 0 Å². The number of aryl methyl sites for hydroxylation is 1. The molecule has 4 rings (SSSR count). The molecule has 0 N–H and O–H groups in total. The Bertz CT molecular complexity index is 704. The summed E-state index contributed by atoms with van der Waals surface area (Å²) in [6, 6.07) is 0. The normalized spacial score (nSPS) is 26.5. The monoisotopic (exact) mass is 315 g/mol. The van der Waals surface area contributed by atoms with Crippen molar-refractivity contribution in [2.45, 2.75) is 19.4 Å². The average Bonchev–Trinajstić information content (AvgIpc) is 3.25. The van der Waals surface area contributed by atoms with Gasteiger partial charge in [-0.2, -0.15) is 4.98 Å². The van der Waals surface area contributed by atoms with Crippen molar-refractivity contribution in [1.82, 2.24) is 25.0 Å². The van der Waals surface area contributed by atoms with E-state index in [0.717, 1.165) is 0 Å². The fraction of sp³-hybridized carbons (Fsp3) is 0.533. The second-order valence-electron chi connectivity index (χ2n) is 6.04. The Kier molecular flexibility index (Phi) is 3.53. The molecular formula is C15H17N5O3. The Morgan fingerprint density at radius 1 is 1.39 bits per heavy atom. The van der Waals surface area contributed by atoms with Crippen LogP contribution in [0.2, 0.25) is 0 Å². The lowest BCUT2D eigenvalue weighted by Crippen LogP contribution is -2.32. The van der Waals surface area contributed by atoms with E-state index in [2.05, 4.69) is 20.1 Å². The fourth-order valence-corrected chi connectivity index (χ4v) is 3.39. The Hall–Kier alpha value is -2.35. The second-order valence-corrected chi connectivity index (χ2v) is 6.04. The number of hydrogen-bond acceptors (Lipinski definition) is 7. The quantitative estimate of drug-likeness (QED) is 0.814. The van der Waals surface area contributed by atoms with Gasteiger partial charge >= 0.3 is 0 Å². The maximum atomic E-state index is 12.5. The van der Waals surface area contributed by atoms with Gasteiger partial charge in [-0.05, 0) is 12.8 Å². The van der Waals surface area contributed by atoms with E-state index in [1.807, 2.05) is 0 Å². The Morgan fingerprint density at radius 2 is 2.30 bits per heavy atom. The van der Waals surface area contributed by atoms with Gasteiger partial charge in [0, 0.05) is 37.8 Å². The van der Waals surface area contributed by atoms with Crippen molar-refractivity contribution in [3.8, 4) is 0 Å². The third-order valence-corrected chi connectivity index (χ3v) is 4.51. The van der Waals surface area contributed by atoms with Crippen molar-refractivity contribution in [1.29, 1.82) is 0 Å². The van der Waals surface area contributed by atoms with E-state index < -0.39 is 0 Å². The van der Waals surface area contributed by atoms with Crippen LogP contribution in [0.25, 0.3) is 0 Å². The van der Waals surface area contributed by atoms with E-state index in [1.54, 1.807) is 18.0 Å². The summed E-state index contributed by atoms with van der Waals surface area (Å²) in [5, 5.41) is 3.82. The summed E-state index contributed by atoms with van der Waals surface area (Å²) in [6.45, 7) is 3.74. The molecule has 0 saturated carbocycles. The molecule has 2 aromatic heterocycles. The zero-order chi connectivity index (χ0) is 15.8. The zero-order valence-corrected chi connectivity index (χ0v) is 12.8. The number of carbonyl (C=O) groups is 1. The highest BCUT2D eigenvalue weighted by Gasteiger charge is 2.45. The van der Waals surface area contributed by atoms with Crippen molar-refractivity contribution in [2.75, 3.05) is 19.7 Å². The summed E-state index contributed by atoms with van der Waals surface area (Å²) in [7, 11) is 0. The van der Waals surface area contributed by atoms with E-state index in [1.165, 1.54) is 12.4 Å². The SMILES string of the molecule is Cc1noc(C[C@H]2CO[C@@H]3CN(C(=O)c4cnccn4)C[C@H]23)n1. The second kappa shape index (κ2) is 5.69. The summed E-state index contributed by atoms with van der Waals surface area (Å²) >= 11 is 0. The number of nitrogens with zero attached hydrogens (tertiary/aromatic N) is 5. The molecule has 0 radical (unpaired) electrons. The molecule has 2 aromatic rings. The predicted molar refractivity (Wildman–Crippen MR) is 77.4 cm³/mol. The van der Waals surface area contributed by atoms with Gasteiger partial charge < -0.3 is 14.2 Å². The van der Waals surface area contributed by atoms with Crippen LogP contribution in [0.3, 0.4) is 0 Å². The Balaban J connectivity index is 1.44. The van der Waals surface area contributed by atoms with Crippen LogP contribution in [0.5, 0.6) is 0 Å². The standard InChI is InChI=1S/C15H17N5O3/c1-9-18-14(23-19-9)4-10-8-22-13-7-20(6-11(10)13)15(21)12-5-16-2-3-17-12/h2-3,5,10-11,13H,4,6-8H2,1H3/t10-,11+,13+/m0/s1. The molecule has 8 heteroatoms. The lowest BCUT2D eigenvalue weighted by Gasteiger charge is -2.18. The zero-order valence-electron chi connectivity index (χ0n) is 12.8. The molecule has 2 saturated heterocycles. The number of rotatable bonds is 3. The van der Waals surface area contributed by atoms with Gasteiger partial charge in [0.2, 0.25) is 5.89 Å². The Labute approximate surface area is 132 Å². The first kappa shape index (κ1) is 14.3. The van der Waals surface area contributed by atoms with Crippen LogP contribution in [0.4, 0.5) is 0 Å². The summed E-state index contributed by atoms with van der Waals surface area (Å²) in [5.74, 6) is 1.77. The molecule has 0 unspecified atom stereocenters. The number of aromatic nitrogens is 4. The summed E-state index contributed by atoms with van der Waals surface area (Å²) in [5.41, 5.74) is 0.372. The molecule has 3 atom stereocenters. The van der Waals surface area contributed by atoms with Gasteiger partial charge in [0.05, 0.1) is 18.9 Å². The average molecular weight is 315 g/mol. The summed E-state index contributed by atoms with van der Waals surface area (Å²) < 4.78 is 11.1. The third-order valence-electron chi connectivity index (χ3n) is 4.51. The van der Waals surface area contributed by atoms with E-state index in [0.29, 0.717) is 55.4 Å². The molecule has 23 heavy (non-hydrogen) atoms. The Morgan fingerprint density at radius 3 is 3.04 bits per heavy atom. The van der Waals surface area contributed by atoms with E-state index in [-0.39, 0.29) is 12.0 Å². The first-order valence-electron chi connectivity index (χ1n) is 7.67. The molecule has 2 fully saturated rings. The largest absolute Gasteiger partial charge is 0.376 e. The fourth-order valence-electron chi connectivity index (χ4n) is 3.39. The molecule has 2 aliphatic rings. The van der Waals surface area contributed by atoms with E-state index in [9.17, 15) is 4.79 Å². The molecule has 2 aliphatic heterocycles. The number of fused-ring (bicyclic) bond motifs is 1.